The monoisotopic (exact) mass is 386 g/mol. The van der Waals surface area contributed by atoms with E-state index in [4.69, 9.17) is 0 Å². The molecule has 0 saturated heterocycles. The van der Waals surface area contributed by atoms with Crippen molar-refractivity contribution in [2.45, 2.75) is 85.0 Å². The predicted octanol–water partition coefficient (Wildman–Crippen LogP) is 7.29. The Morgan fingerprint density at radius 2 is 1.67 bits per heavy atom. The molecule has 0 aliphatic heterocycles. The maximum absolute atomic E-state index is 12.1. The van der Waals surface area contributed by atoms with Gasteiger partial charge in [-0.2, -0.15) is 0 Å². The maximum atomic E-state index is 12.1. The number of nitrogens with one attached hydrogen (secondary N) is 1. The number of carbonyl (C=O) groups excluding carboxylic acids is 1. The van der Waals surface area contributed by atoms with Crippen LogP contribution in [0.25, 0.3) is 11.3 Å². The van der Waals surface area contributed by atoms with Gasteiger partial charge in [-0.25, -0.2) is 4.98 Å². The highest BCUT2D eigenvalue weighted by Crippen LogP contribution is 2.28. The van der Waals surface area contributed by atoms with E-state index < -0.39 is 0 Å². The maximum Gasteiger partial charge on any atom is 0.226 e. The molecular weight excluding hydrogens is 352 g/mol. The lowest BCUT2D eigenvalue weighted by atomic mass is 10.0. The fraction of sp³-hybridized carbons (Fsp3) is 0.565. The smallest absolute Gasteiger partial charge is 0.226 e. The third-order valence-corrected chi connectivity index (χ3v) is 5.67. The van der Waals surface area contributed by atoms with Crippen LogP contribution in [-0.4, -0.2) is 10.9 Å². The number of benzene rings is 1. The van der Waals surface area contributed by atoms with Crippen molar-refractivity contribution in [1.29, 1.82) is 0 Å². The van der Waals surface area contributed by atoms with Crippen molar-refractivity contribution in [3.63, 3.8) is 0 Å². The highest BCUT2D eigenvalue weighted by Gasteiger charge is 2.09. The fourth-order valence-corrected chi connectivity index (χ4v) is 4.06. The van der Waals surface area contributed by atoms with Crippen molar-refractivity contribution in [1.82, 2.24) is 4.98 Å². The molecule has 2 aromatic rings. The molecule has 27 heavy (non-hydrogen) atoms. The normalized spacial score (nSPS) is 10.9. The molecule has 1 amide bonds. The third kappa shape index (κ3) is 7.84. The van der Waals surface area contributed by atoms with Crippen LogP contribution in [0.4, 0.5) is 5.13 Å². The molecule has 1 aromatic heterocycles. The van der Waals surface area contributed by atoms with Crippen LogP contribution < -0.4 is 5.32 Å². The van der Waals surface area contributed by atoms with E-state index in [0.717, 1.165) is 24.1 Å². The van der Waals surface area contributed by atoms with Gasteiger partial charge in [0.25, 0.3) is 0 Å². The zero-order valence-electron chi connectivity index (χ0n) is 17.1. The van der Waals surface area contributed by atoms with E-state index in [9.17, 15) is 4.79 Å². The van der Waals surface area contributed by atoms with E-state index in [2.05, 4.69) is 49.3 Å². The van der Waals surface area contributed by atoms with Crippen molar-refractivity contribution in [3.05, 3.63) is 34.7 Å². The topological polar surface area (TPSA) is 42.0 Å². The summed E-state index contributed by atoms with van der Waals surface area (Å²) in [5, 5.41) is 5.68. The number of thiazole rings is 1. The van der Waals surface area contributed by atoms with E-state index in [1.54, 1.807) is 0 Å². The van der Waals surface area contributed by atoms with Crippen molar-refractivity contribution < 1.29 is 4.79 Å². The molecule has 0 radical (unpaired) electrons. The number of aromatic nitrogens is 1. The van der Waals surface area contributed by atoms with Crippen molar-refractivity contribution >= 4 is 22.4 Å². The Morgan fingerprint density at radius 1 is 1.00 bits per heavy atom. The summed E-state index contributed by atoms with van der Waals surface area (Å²) in [7, 11) is 0. The van der Waals surface area contributed by atoms with Crippen LogP contribution in [-0.2, 0) is 4.79 Å². The first-order valence-electron chi connectivity index (χ1n) is 10.4. The second-order valence-electron chi connectivity index (χ2n) is 7.48. The Hall–Kier alpha value is -1.68. The Kier molecular flexibility index (Phi) is 9.54. The van der Waals surface area contributed by atoms with Gasteiger partial charge in [-0.3, -0.25) is 4.79 Å². The van der Waals surface area contributed by atoms with Gasteiger partial charge in [0.15, 0.2) is 5.13 Å². The quantitative estimate of drug-likeness (QED) is 0.389. The van der Waals surface area contributed by atoms with Gasteiger partial charge >= 0.3 is 0 Å². The summed E-state index contributed by atoms with van der Waals surface area (Å²) in [5.74, 6) is 0.0828. The van der Waals surface area contributed by atoms with Crippen molar-refractivity contribution in [3.8, 4) is 11.3 Å². The van der Waals surface area contributed by atoms with E-state index in [-0.39, 0.29) is 5.91 Å². The largest absolute Gasteiger partial charge is 0.302 e. The van der Waals surface area contributed by atoms with E-state index >= 15 is 0 Å². The van der Waals surface area contributed by atoms with Gasteiger partial charge in [-0.15, -0.1) is 11.3 Å². The molecule has 1 aromatic carbocycles. The number of hydrogen-bond acceptors (Lipinski definition) is 3. The standard InChI is InChI=1S/C23H34N2OS/c1-4-5-6-7-8-9-10-11-12-13-22(26)25-23-24-21(17-27-23)20-15-14-18(2)16-19(20)3/h14-17H,4-13H2,1-3H3,(H,24,25,26). The summed E-state index contributed by atoms with van der Waals surface area (Å²) in [6.07, 6.45) is 12.0. The van der Waals surface area contributed by atoms with Gasteiger partial charge in [0.1, 0.15) is 0 Å². The molecule has 0 bridgehead atoms. The summed E-state index contributed by atoms with van der Waals surface area (Å²) in [4.78, 5) is 16.7. The summed E-state index contributed by atoms with van der Waals surface area (Å²) < 4.78 is 0. The van der Waals surface area contributed by atoms with Gasteiger partial charge in [0.05, 0.1) is 5.69 Å². The zero-order valence-corrected chi connectivity index (χ0v) is 18.0. The third-order valence-electron chi connectivity index (χ3n) is 4.92. The first kappa shape index (κ1) is 21.6. The van der Waals surface area contributed by atoms with E-state index in [1.807, 2.05) is 5.38 Å². The van der Waals surface area contributed by atoms with Crippen LogP contribution >= 0.6 is 11.3 Å². The van der Waals surface area contributed by atoms with Crippen LogP contribution in [0.1, 0.15) is 82.3 Å². The Bertz CT molecular complexity index is 708. The van der Waals surface area contributed by atoms with Crippen LogP contribution in [0, 0.1) is 13.8 Å². The number of carbonyl (C=O) groups is 1. The molecule has 0 saturated carbocycles. The Labute approximate surface area is 168 Å². The average Bonchev–Trinajstić information content (AvgIpc) is 3.08. The number of nitrogens with zero attached hydrogens (tertiary/aromatic N) is 1. The second-order valence-corrected chi connectivity index (χ2v) is 8.34. The molecule has 1 N–H and O–H groups in total. The van der Waals surface area contributed by atoms with E-state index in [0.29, 0.717) is 11.6 Å². The van der Waals surface area contributed by atoms with Gasteiger partial charge in [-0.1, -0.05) is 82.1 Å². The van der Waals surface area contributed by atoms with Crippen LogP contribution in [0.5, 0.6) is 0 Å². The van der Waals surface area contributed by atoms with Gasteiger partial charge < -0.3 is 5.32 Å². The summed E-state index contributed by atoms with van der Waals surface area (Å²) in [6.45, 7) is 6.45. The Morgan fingerprint density at radius 3 is 2.33 bits per heavy atom. The van der Waals surface area contributed by atoms with Crippen LogP contribution in [0.3, 0.4) is 0 Å². The molecule has 2 rings (SSSR count). The SMILES string of the molecule is CCCCCCCCCCCC(=O)Nc1nc(-c2ccc(C)cc2C)cs1. The Balaban J connectivity index is 1.66. The minimum Gasteiger partial charge on any atom is -0.302 e. The molecule has 0 aliphatic carbocycles. The summed E-state index contributed by atoms with van der Waals surface area (Å²) >= 11 is 1.50. The molecule has 1 heterocycles. The average molecular weight is 387 g/mol. The lowest BCUT2D eigenvalue weighted by Crippen LogP contribution is -2.10. The van der Waals surface area contributed by atoms with E-state index in [1.165, 1.54) is 67.4 Å². The molecule has 0 unspecified atom stereocenters. The molecule has 4 heteroatoms. The van der Waals surface area contributed by atoms with Gasteiger partial charge in [0, 0.05) is 17.4 Å². The van der Waals surface area contributed by atoms with Gasteiger partial charge in [0.2, 0.25) is 5.91 Å². The zero-order chi connectivity index (χ0) is 19.5. The highest BCUT2D eigenvalue weighted by molar-refractivity contribution is 7.14. The van der Waals surface area contributed by atoms with Crippen LogP contribution in [0.2, 0.25) is 0 Å². The molecule has 0 atom stereocenters. The van der Waals surface area contributed by atoms with Gasteiger partial charge in [-0.05, 0) is 25.8 Å². The molecule has 0 fully saturated rings. The number of rotatable bonds is 12. The number of aryl methyl sites for hydroxylation is 2. The lowest BCUT2D eigenvalue weighted by Gasteiger charge is -2.04. The summed E-state index contributed by atoms with van der Waals surface area (Å²) in [5.41, 5.74) is 4.54. The van der Waals surface area contributed by atoms with Crippen molar-refractivity contribution in [2.75, 3.05) is 5.32 Å². The number of anilines is 1. The molecule has 0 aliphatic rings. The molecular formula is C23H34N2OS. The molecule has 3 nitrogen and oxygen atoms in total. The number of amides is 1. The first-order valence-corrected chi connectivity index (χ1v) is 11.3. The first-order chi connectivity index (χ1) is 13.1. The number of unbranched alkanes of at least 4 members (excludes halogenated alkanes) is 8. The number of hydrogen-bond donors (Lipinski definition) is 1. The fourth-order valence-electron chi connectivity index (χ4n) is 3.33. The minimum atomic E-state index is 0.0828. The minimum absolute atomic E-state index is 0.0828. The summed E-state index contributed by atoms with van der Waals surface area (Å²) in [6, 6.07) is 6.37. The molecule has 148 valence electrons. The van der Waals surface area contributed by atoms with Crippen LogP contribution in [0.15, 0.2) is 23.6 Å². The highest BCUT2D eigenvalue weighted by atomic mass is 32.1. The lowest BCUT2D eigenvalue weighted by molar-refractivity contribution is -0.116. The molecule has 0 spiro atoms. The van der Waals surface area contributed by atoms with Crippen molar-refractivity contribution in [2.24, 2.45) is 0 Å². The predicted molar refractivity (Wildman–Crippen MR) is 117 cm³/mol. The second kappa shape index (κ2) is 11.9.